The summed E-state index contributed by atoms with van der Waals surface area (Å²) in [6.07, 6.45) is 5.18. The SMILES string of the molecule is CCn1c(-c2cccnc2[C@@](C)([Si])OC)c2c3cc(ccc31)-c1csc(n1)C[C@H](NC(=O)[C@H](C(C)C)N(C)C(=O)NCCCC1(C)COC1)C(=O)N1CCC[C@H](N1)C(=O)OCC(C)(C)C2. The molecule has 4 aromatic rings. The van der Waals surface area contributed by atoms with E-state index in [1.165, 1.54) is 21.2 Å². The number of aryl methyl sites for hydroxylation is 1. The van der Waals surface area contributed by atoms with E-state index in [2.05, 4.69) is 82.8 Å². The average Bonchev–Trinajstić information content (AvgIpc) is 3.87. The molecule has 3 radical (unpaired) electrons. The molecule has 2 saturated heterocycles. The lowest BCUT2D eigenvalue weighted by Crippen LogP contribution is -2.62. The molecule has 7 rings (SSSR count). The number of ether oxygens (including phenoxy) is 3. The van der Waals surface area contributed by atoms with Crippen LogP contribution in [0, 0.1) is 16.7 Å². The predicted molar refractivity (Wildman–Crippen MR) is 252 cm³/mol. The fourth-order valence-corrected chi connectivity index (χ4v) is 10.4. The Kier molecular flexibility index (Phi) is 14.6. The first kappa shape index (κ1) is 48.3. The number of likely N-dealkylation sites (N-methyl/N-ethyl adjacent to an activating group) is 1. The first-order chi connectivity index (χ1) is 30.8. The number of nitrogens with zero attached hydrogens (tertiary/aromatic N) is 5. The van der Waals surface area contributed by atoms with Crippen LogP contribution in [0.5, 0.6) is 0 Å². The summed E-state index contributed by atoms with van der Waals surface area (Å²) in [7, 11) is 7.11. The van der Waals surface area contributed by atoms with Crippen molar-refractivity contribution >= 4 is 56.3 Å². The zero-order valence-electron chi connectivity index (χ0n) is 39.3. The number of hydrazine groups is 1. The van der Waals surface area contributed by atoms with Crippen LogP contribution in [0.3, 0.4) is 0 Å². The van der Waals surface area contributed by atoms with Crippen molar-refractivity contribution in [3.63, 3.8) is 0 Å². The van der Waals surface area contributed by atoms with Gasteiger partial charge in [-0.3, -0.25) is 24.4 Å². The third-order valence-corrected chi connectivity index (χ3v) is 14.3. The fourth-order valence-electron chi connectivity index (χ4n) is 9.32. The van der Waals surface area contributed by atoms with Crippen molar-refractivity contribution in [1.29, 1.82) is 0 Å². The number of aromatic nitrogens is 3. The third-order valence-electron chi connectivity index (χ3n) is 13.0. The maximum absolute atomic E-state index is 14.6. The summed E-state index contributed by atoms with van der Waals surface area (Å²) < 4.78 is 19.7. The van der Waals surface area contributed by atoms with Gasteiger partial charge in [0.15, 0.2) is 0 Å². The van der Waals surface area contributed by atoms with Crippen molar-refractivity contribution < 1.29 is 33.4 Å². The monoisotopic (exact) mass is 925 g/mol. The zero-order valence-corrected chi connectivity index (χ0v) is 41.2. The Morgan fingerprint density at radius 2 is 1.94 bits per heavy atom. The first-order valence-corrected chi connectivity index (χ1v) is 24.2. The molecule has 6 bridgehead atoms. The van der Waals surface area contributed by atoms with E-state index < -0.39 is 46.5 Å². The van der Waals surface area contributed by atoms with E-state index in [0.29, 0.717) is 43.9 Å². The van der Waals surface area contributed by atoms with Gasteiger partial charge in [-0.15, -0.1) is 11.3 Å². The molecule has 0 spiro atoms. The molecular formula is C48H65N8O7SSi. The second-order valence-corrected chi connectivity index (χ2v) is 21.4. The molecule has 0 saturated carbocycles. The van der Waals surface area contributed by atoms with Crippen LogP contribution in [-0.4, -0.2) is 124 Å². The number of benzene rings is 1. The third kappa shape index (κ3) is 10.5. The molecule has 3 N–H and O–H groups in total. The molecule has 17 heteroatoms. The molecule has 4 amide bonds. The number of cyclic esters (lactones) is 1. The van der Waals surface area contributed by atoms with Crippen molar-refractivity contribution in [3.05, 3.63) is 58.2 Å². The lowest BCUT2D eigenvalue weighted by molar-refractivity contribution is -0.155. The zero-order chi connectivity index (χ0) is 46.8. The van der Waals surface area contributed by atoms with E-state index in [1.54, 1.807) is 20.4 Å². The number of pyridine rings is 1. The number of fused-ring (bicyclic) bond motifs is 6. The summed E-state index contributed by atoms with van der Waals surface area (Å²) in [5.74, 6) is -1.59. The van der Waals surface area contributed by atoms with E-state index in [-0.39, 0.29) is 30.4 Å². The second kappa shape index (κ2) is 19.7. The lowest BCUT2D eigenvalue weighted by Gasteiger charge is -2.38. The van der Waals surface area contributed by atoms with E-state index in [4.69, 9.17) is 24.2 Å². The highest BCUT2D eigenvalue weighted by Gasteiger charge is 2.39. The van der Waals surface area contributed by atoms with Crippen LogP contribution in [0.1, 0.15) is 90.4 Å². The number of carbonyl (C=O) groups excluding carboxylic acids is 4. The molecule has 3 aliphatic rings. The van der Waals surface area contributed by atoms with Gasteiger partial charge in [0, 0.05) is 84.6 Å². The molecule has 0 aliphatic carbocycles. The fraction of sp³-hybridized carbons (Fsp3) is 0.583. The minimum Gasteiger partial charge on any atom is -0.464 e. The summed E-state index contributed by atoms with van der Waals surface area (Å²) in [4.78, 5) is 67.6. The number of nitrogens with one attached hydrogen (secondary N) is 3. The van der Waals surface area contributed by atoms with Crippen LogP contribution in [0.15, 0.2) is 41.9 Å². The van der Waals surface area contributed by atoms with Crippen molar-refractivity contribution in [1.82, 2.24) is 40.5 Å². The van der Waals surface area contributed by atoms with Crippen LogP contribution in [0.25, 0.3) is 33.4 Å². The molecule has 1 aromatic carbocycles. The normalized spacial score (nSPS) is 21.2. The van der Waals surface area contributed by atoms with Gasteiger partial charge in [0.1, 0.15) is 18.1 Å². The number of hydrogen-bond acceptors (Lipinski definition) is 11. The van der Waals surface area contributed by atoms with E-state index in [1.807, 2.05) is 32.2 Å². The van der Waals surface area contributed by atoms with Crippen molar-refractivity contribution in [2.24, 2.45) is 16.7 Å². The largest absolute Gasteiger partial charge is 0.464 e. The predicted octanol–water partition coefficient (Wildman–Crippen LogP) is 5.97. The summed E-state index contributed by atoms with van der Waals surface area (Å²) in [6.45, 7) is 17.2. The van der Waals surface area contributed by atoms with Crippen LogP contribution in [-0.2, 0) is 53.2 Å². The highest BCUT2D eigenvalue weighted by atomic mass is 32.1. The van der Waals surface area contributed by atoms with Gasteiger partial charge in [0.05, 0.1) is 57.4 Å². The van der Waals surface area contributed by atoms with E-state index >= 15 is 0 Å². The second-order valence-electron chi connectivity index (χ2n) is 19.5. The number of thiazole rings is 1. The van der Waals surface area contributed by atoms with Crippen LogP contribution >= 0.6 is 11.3 Å². The molecule has 65 heavy (non-hydrogen) atoms. The van der Waals surface area contributed by atoms with Gasteiger partial charge in [-0.05, 0) is 81.7 Å². The summed E-state index contributed by atoms with van der Waals surface area (Å²) in [5.41, 5.74) is 9.21. The Morgan fingerprint density at radius 3 is 2.63 bits per heavy atom. The van der Waals surface area contributed by atoms with E-state index in [0.717, 1.165) is 70.7 Å². The molecule has 15 nitrogen and oxygen atoms in total. The molecule has 3 aliphatic heterocycles. The summed E-state index contributed by atoms with van der Waals surface area (Å²) >= 11 is 1.42. The van der Waals surface area contributed by atoms with Crippen molar-refractivity contribution in [2.75, 3.05) is 47.1 Å². The Hall–Kier alpha value is -4.68. The first-order valence-electron chi connectivity index (χ1n) is 22.8. The van der Waals surface area contributed by atoms with Crippen LogP contribution < -0.4 is 16.1 Å². The highest BCUT2D eigenvalue weighted by molar-refractivity contribution is 7.10. The number of carbonyl (C=O) groups is 4. The van der Waals surface area contributed by atoms with Gasteiger partial charge < -0.3 is 34.3 Å². The number of rotatable bonds is 12. The number of hydrogen-bond donors (Lipinski definition) is 3. The highest BCUT2D eigenvalue weighted by Crippen LogP contribution is 2.42. The Balaban J connectivity index is 1.24. The molecular weight excluding hydrogens is 861 g/mol. The van der Waals surface area contributed by atoms with Crippen LogP contribution in [0.4, 0.5) is 4.79 Å². The number of amides is 4. The molecule has 6 heterocycles. The maximum atomic E-state index is 14.6. The standard InChI is InChI=1S/C48H65N8O7SSi/c1-10-55-37-17-16-30-22-32(37)33(40(55)31-14-11-19-49-41(31)48(7,65)61-9)24-46(4,5)26-63-44(59)34-15-12-21-56(53-34)43(58)35(23-38-51-36(30)25-64-38)52-42(57)39(29(2)3)54(8)45(60)50-20-13-18-47(6)27-62-28-47/h11,14,16-17,19,22,25,29,34-35,39,53H,10,12-13,15,18,20-21,23-24,26-28H2,1-9H3,(H,50,60)(H,52,57)/t34-,35-,39-,48+/m0/s1. The van der Waals surface area contributed by atoms with E-state index in [9.17, 15) is 19.2 Å². The Morgan fingerprint density at radius 1 is 1.17 bits per heavy atom. The Labute approximate surface area is 390 Å². The van der Waals surface area contributed by atoms with Crippen molar-refractivity contribution in [2.45, 2.75) is 117 Å². The number of urea groups is 1. The maximum Gasteiger partial charge on any atom is 0.324 e. The van der Waals surface area contributed by atoms with Crippen molar-refractivity contribution in [3.8, 4) is 22.5 Å². The number of esters is 1. The van der Waals surface area contributed by atoms with Gasteiger partial charge in [-0.2, -0.15) is 0 Å². The molecule has 3 aromatic heterocycles. The topological polar surface area (TPSA) is 169 Å². The van der Waals surface area contributed by atoms with Gasteiger partial charge in [-0.1, -0.05) is 40.7 Å². The van der Waals surface area contributed by atoms with Gasteiger partial charge in [0.2, 0.25) is 5.91 Å². The molecule has 0 unspecified atom stereocenters. The smallest absolute Gasteiger partial charge is 0.324 e. The quantitative estimate of drug-likeness (QED) is 0.0876. The number of methoxy groups -OCH3 is 1. The van der Waals surface area contributed by atoms with Gasteiger partial charge in [0.25, 0.3) is 5.91 Å². The van der Waals surface area contributed by atoms with Crippen LogP contribution in [0.2, 0.25) is 0 Å². The molecule has 2 fully saturated rings. The van der Waals surface area contributed by atoms with Gasteiger partial charge >= 0.3 is 12.0 Å². The Bertz CT molecular complexity index is 2390. The molecule has 349 valence electrons. The minimum absolute atomic E-state index is 0.0955. The summed E-state index contributed by atoms with van der Waals surface area (Å²) in [5, 5.41) is 10.2. The average molecular weight is 926 g/mol. The lowest BCUT2D eigenvalue weighted by atomic mass is 9.84. The van der Waals surface area contributed by atoms with Gasteiger partial charge in [-0.25, -0.2) is 15.2 Å². The minimum atomic E-state index is -1.05. The summed E-state index contributed by atoms with van der Waals surface area (Å²) in [6, 6.07) is 7.31. The molecule has 4 atom stereocenters.